The van der Waals surface area contributed by atoms with Crippen molar-refractivity contribution >= 4 is 5.78 Å². The van der Waals surface area contributed by atoms with Crippen LogP contribution in [0.25, 0.3) is 0 Å². The zero-order valence-electron chi connectivity index (χ0n) is 5.89. The highest BCUT2D eigenvalue weighted by Crippen LogP contribution is 2.14. The molecule has 1 rings (SSSR count). The van der Waals surface area contributed by atoms with Gasteiger partial charge in [-0.15, -0.1) is 0 Å². The third-order valence-electron chi connectivity index (χ3n) is 1.49. The molecule has 1 saturated heterocycles. The fraction of sp³-hybridized carbons (Fsp3) is 0.857. The lowest BCUT2D eigenvalue weighted by molar-refractivity contribution is -0.132. The summed E-state index contributed by atoms with van der Waals surface area (Å²) in [6.07, 6.45) is 1.48. The van der Waals surface area contributed by atoms with E-state index in [1.165, 1.54) is 0 Å². The Morgan fingerprint density at radius 3 is 2.11 bits per heavy atom. The molecule has 0 aromatic carbocycles. The first-order chi connectivity index (χ1) is 4.18. The van der Waals surface area contributed by atoms with Crippen molar-refractivity contribution in [3.63, 3.8) is 0 Å². The van der Waals surface area contributed by atoms with Gasteiger partial charge in [0.05, 0.1) is 12.2 Å². The second-order valence-electron chi connectivity index (χ2n) is 2.70. The van der Waals surface area contributed by atoms with E-state index in [9.17, 15) is 4.79 Å². The van der Waals surface area contributed by atoms with Crippen molar-refractivity contribution in [3.05, 3.63) is 0 Å². The van der Waals surface area contributed by atoms with E-state index < -0.39 is 0 Å². The fourth-order valence-electron chi connectivity index (χ4n) is 1.22. The minimum atomic E-state index is 0.140. The fourth-order valence-corrected chi connectivity index (χ4v) is 1.22. The van der Waals surface area contributed by atoms with Crippen LogP contribution < -0.4 is 0 Å². The Morgan fingerprint density at radius 2 is 1.78 bits per heavy atom. The van der Waals surface area contributed by atoms with Crippen LogP contribution >= 0.6 is 0 Å². The summed E-state index contributed by atoms with van der Waals surface area (Å²) in [7, 11) is 0. The predicted octanol–water partition coefficient (Wildman–Crippen LogP) is 1.14. The molecule has 0 N–H and O–H groups in total. The van der Waals surface area contributed by atoms with Crippen LogP contribution in [0.15, 0.2) is 0 Å². The second kappa shape index (κ2) is 2.48. The Kier molecular flexibility index (Phi) is 1.86. The molecule has 0 aromatic heterocycles. The van der Waals surface area contributed by atoms with Crippen LogP contribution in [0.1, 0.15) is 26.7 Å². The zero-order valence-corrected chi connectivity index (χ0v) is 5.89. The molecule has 0 saturated carbocycles. The molecule has 0 unspecified atom stereocenters. The standard InChI is InChI=1S/C7H12O2/c1-5-3-7(8)4-6(2)9-5/h5-6H,3-4H2,1-2H3/t5-,6-/m1/s1. The number of carbonyl (C=O) groups is 1. The molecule has 1 heterocycles. The van der Waals surface area contributed by atoms with Crippen LogP contribution in [0, 0.1) is 0 Å². The maximum atomic E-state index is 10.8. The summed E-state index contributed by atoms with van der Waals surface area (Å²) in [5, 5.41) is 0. The number of hydrogen-bond donors (Lipinski definition) is 0. The normalized spacial score (nSPS) is 36.9. The van der Waals surface area contributed by atoms with Gasteiger partial charge in [-0.25, -0.2) is 0 Å². The smallest absolute Gasteiger partial charge is 0.138 e. The molecular weight excluding hydrogens is 116 g/mol. The molecule has 0 bridgehead atoms. The highest BCUT2D eigenvalue weighted by molar-refractivity contribution is 5.79. The van der Waals surface area contributed by atoms with E-state index in [2.05, 4.69) is 0 Å². The van der Waals surface area contributed by atoms with E-state index in [1.54, 1.807) is 0 Å². The number of ether oxygens (including phenoxy) is 1. The van der Waals surface area contributed by atoms with Gasteiger partial charge in [0.1, 0.15) is 5.78 Å². The number of hydrogen-bond acceptors (Lipinski definition) is 2. The maximum absolute atomic E-state index is 10.8. The van der Waals surface area contributed by atoms with Gasteiger partial charge in [-0.05, 0) is 13.8 Å². The lowest BCUT2D eigenvalue weighted by atomic mass is 10.1. The molecule has 9 heavy (non-hydrogen) atoms. The minimum Gasteiger partial charge on any atom is -0.375 e. The van der Waals surface area contributed by atoms with Gasteiger partial charge in [-0.3, -0.25) is 4.79 Å². The molecule has 0 spiro atoms. The van der Waals surface area contributed by atoms with Crippen LogP contribution in [0.5, 0.6) is 0 Å². The first-order valence-electron chi connectivity index (χ1n) is 3.35. The highest BCUT2D eigenvalue weighted by Gasteiger charge is 2.20. The van der Waals surface area contributed by atoms with Crippen molar-refractivity contribution in [1.29, 1.82) is 0 Å². The summed E-state index contributed by atoms with van der Waals surface area (Å²) in [4.78, 5) is 10.8. The topological polar surface area (TPSA) is 26.3 Å². The number of rotatable bonds is 0. The van der Waals surface area contributed by atoms with Crippen LogP contribution in [0.4, 0.5) is 0 Å². The second-order valence-corrected chi connectivity index (χ2v) is 2.70. The van der Waals surface area contributed by atoms with Crippen LogP contribution in [0.2, 0.25) is 0 Å². The van der Waals surface area contributed by atoms with Crippen molar-refractivity contribution in [2.24, 2.45) is 0 Å². The molecule has 0 aliphatic carbocycles. The van der Waals surface area contributed by atoms with Crippen molar-refractivity contribution < 1.29 is 9.53 Å². The first kappa shape index (κ1) is 6.75. The Labute approximate surface area is 55.2 Å². The molecule has 0 aromatic rings. The van der Waals surface area contributed by atoms with Gasteiger partial charge in [0.2, 0.25) is 0 Å². The largest absolute Gasteiger partial charge is 0.375 e. The molecule has 52 valence electrons. The molecule has 1 aliphatic heterocycles. The quantitative estimate of drug-likeness (QED) is 0.489. The summed E-state index contributed by atoms with van der Waals surface area (Å²) in [6, 6.07) is 0. The van der Waals surface area contributed by atoms with Crippen LogP contribution in [-0.4, -0.2) is 18.0 Å². The predicted molar refractivity (Wildman–Crippen MR) is 34.2 cm³/mol. The van der Waals surface area contributed by atoms with Crippen LogP contribution in [-0.2, 0) is 9.53 Å². The number of Topliss-reactive ketones (excluding diaryl/α,β-unsaturated/α-hetero) is 1. The summed E-state index contributed by atoms with van der Waals surface area (Å²) in [5.41, 5.74) is 0. The van der Waals surface area contributed by atoms with Crippen LogP contribution in [0.3, 0.4) is 0 Å². The minimum absolute atomic E-state index is 0.140. The average molecular weight is 128 g/mol. The van der Waals surface area contributed by atoms with Crippen molar-refractivity contribution in [3.8, 4) is 0 Å². The van der Waals surface area contributed by atoms with Gasteiger partial charge in [-0.1, -0.05) is 0 Å². The lowest BCUT2D eigenvalue weighted by Gasteiger charge is -2.23. The van der Waals surface area contributed by atoms with E-state index >= 15 is 0 Å². The van der Waals surface area contributed by atoms with Gasteiger partial charge in [0.25, 0.3) is 0 Å². The zero-order chi connectivity index (χ0) is 6.85. The summed E-state index contributed by atoms with van der Waals surface area (Å²) >= 11 is 0. The molecule has 1 fully saturated rings. The molecule has 2 heteroatoms. The summed E-state index contributed by atoms with van der Waals surface area (Å²) in [5.74, 6) is 0.334. The first-order valence-corrected chi connectivity index (χ1v) is 3.35. The van der Waals surface area contributed by atoms with Gasteiger partial charge in [-0.2, -0.15) is 0 Å². The third-order valence-corrected chi connectivity index (χ3v) is 1.49. The van der Waals surface area contributed by atoms with E-state index in [1.807, 2.05) is 13.8 Å². The van der Waals surface area contributed by atoms with Crippen molar-refractivity contribution in [2.45, 2.75) is 38.9 Å². The Bertz CT molecular complexity index is 108. The van der Waals surface area contributed by atoms with E-state index in [-0.39, 0.29) is 12.2 Å². The maximum Gasteiger partial charge on any atom is 0.138 e. The third kappa shape index (κ3) is 1.79. The van der Waals surface area contributed by atoms with Gasteiger partial charge < -0.3 is 4.74 Å². The van der Waals surface area contributed by atoms with Gasteiger partial charge >= 0.3 is 0 Å². The molecule has 0 amide bonds. The van der Waals surface area contributed by atoms with E-state index in [4.69, 9.17) is 4.74 Å². The van der Waals surface area contributed by atoms with E-state index in [0.717, 1.165) is 0 Å². The van der Waals surface area contributed by atoms with Crippen molar-refractivity contribution in [1.82, 2.24) is 0 Å². The Morgan fingerprint density at radius 1 is 1.33 bits per heavy atom. The molecular formula is C7H12O2. The molecule has 1 aliphatic rings. The SMILES string of the molecule is C[C@@H]1CC(=O)C[C@@H](C)O1. The van der Waals surface area contributed by atoms with Gasteiger partial charge in [0, 0.05) is 12.8 Å². The summed E-state index contributed by atoms with van der Waals surface area (Å²) < 4.78 is 5.34. The lowest BCUT2D eigenvalue weighted by Crippen LogP contribution is -2.28. The Balaban J connectivity index is 2.43. The molecule has 2 nitrogen and oxygen atoms in total. The number of ketones is 1. The average Bonchev–Trinajstić information content (AvgIpc) is 1.59. The Hall–Kier alpha value is -0.370. The number of carbonyl (C=O) groups excluding carboxylic acids is 1. The van der Waals surface area contributed by atoms with E-state index in [0.29, 0.717) is 18.6 Å². The molecule has 0 radical (unpaired) electrons. The van der Waals surface area contributed by atoms with Crippen molar-refractivity contribution in [2.75, 3.05) is 0 Å². The highest BCUT2D eigenvalue weighted by atomic mass is 16.5. The summed E-state index contributed by atoms with van der Waals surface area (Å²) in [6.45, 7) is 3.88. The molecule has 2 atom stereocenters. The van der Waals surface area contributed by atoms with Gasteiger partial charge in [0.15, 0.2) is 0 Å². The monoisotopic (exact) mass is 128 g/mol.